The van der Waals surface area contributed by atoms with Crippen LogP contribution in [0.3, 0.4) is 0 Å². The number of likely N-dealkylation sites (tertiary alicyclic amines) is 1. The number of aryl methyl sites for hydroxylation is 2. The molecule has 0 saturated carbocycles. The van der Waals surface area contributed by atoms with Gasteiger partial charge in [-0.2, -0.15) is 4.98 Å². The third-order valence-corrected chi connectivity index (χ3v) is 4.42. The number of aromatic nitrogens is 2. The molecule has 2 aromatic rings. The topological polar surface area (TPSA) is 51.4 Å². The highest BCUT2D eigenvalue weighted by Crippen LogP contribution is 2.23. The van der Waals surface area contributed by atoms with Gasteiger partial charge in [-0.25, -0.2) is 0 Å². The molecule has 130 valence electrons. The van der Waals surface area contributed by atoms with Crippen molar-refractivity contribution in [2.24, 2.45) is 5.92 Å². The van der Waals surface area contributed by atoms with E-state index in [4.69, 9.17) is 9.26 Å². The van der Waals surface area contributed by atoms with E-state index in [1.165, 1.54) is 18.5 Å². The van der Waals surface area contributed by atoms with Crippen molar-refractivity contribution >= 4 is 0 Å². The maximum Gasteiger partial charge on any atom is 0.223 e. The van der Waals surface area contributed by atoms with Gasteiger partial charge in [0.1, 0.15) is 5.75 Å². The lowest BCUT2D eigenvalue weighted by Crippen LogP contribution is -2.20. The molecule has 1 atom stereocenters. The lowest BCUT2D eigenvalue weighted by molar-refractivity contribution is 0.242. The first kappa shape index (κ1) is 17.0. The Hall–Kier alpha value is -1.88. The molecule has 0 radical (unpaired) electrons. The molecule has 0 bridgehead atoms. The van der Waals surface area contributed by atoms with Crippen molar-refractivity contribution in [2.75, 3.05) is 13.1 Å². The largest absolute Gasteiger partial charge is 0.491 e. The molecule has 1 unspecified atom stereocenters. The van der Waals surface area contributed by atoms with Crippen LogP contribution in [0.2, 0.25) is 0 Å². The predicted molar refractivity (Wildman–Crippen MR) is 92.9 cm³/mol. The molecule has 3 rings (SSSR count). The van der Waals surface area contributed by atoms with Crippen LogP contribution in [0.1, 0.15) is 44.0 Å². The Morgan fingerprint density at radius 2 is 2.08 bits per heavy atom. The van der Waals surface area contributed by atoms with Crippen molar-refractivity contribution in [3.63, 3.8) is 0 Å². The molecule has 1 aliphatic heterocycles. The van der Waals surface area contributed by atoms with Gasteiger partial charge in [0, 0.05) is 26.4 Å². The van der Waals surface area contributed by atoms with E-state index >= 15 is 0 Å². The quantitative estimate of drug-likeness (QED) is 0.776. The Kier molecular flexibility index (Phi) is 5.51. The van der Waals surface area contributed by atoms with E-state index in [0.29, 0.717) is 5.89 Å². The molecule has 0 spiro atoms. The first-order valence-corrected chi connectivity index (χ1v) is 8.85. The van der Waals surface area contributed by atoms with E-state index in [1.807, 2.05) is 20.8 Å². The third kappa shape index (κ3) is 4.81. The Labute approximate surface area is 144 Å². The highest BCUT2D eigenvalue weighted by Gasteiger charge is 2.22. The fourth-order valence-electron chi connectivity index (χ4n) is 3.27. The van der Waals surface area contributed by atoms with Crippen molar-refractivity contribution in [1.82, 2.24) is 15.0 Å². The van der Waals surface area contributed by atoms with Crippen molar-refractivity contribution in [3.05, 3.63) is 41.5 Å². The number of benzene rings is 1. The number of hydrogen-bond donors (Lipinski definition) is 0. The normalized spacial score (nSPS) is 18.4. The lowest BCUT2D eigenvalue weighted by Gasteiger charge is -2.16. The summed E-state index contributed by atoms with van der Waals surface area (Å²) >= 11 is 0. The molecule has 2 heterocycles. The fraction of sp³-hybridized carbons (Fsp3) is 0.579. The molecule has 0 amide bonds. The molecule has 24 heavy (non-hydrogen) atoms. The maximum atomic E-state index is 5.70. The van der Waals surface area contributed by atoms with Gasteiger partial charge in [0.05, 0.1) is 6.10 Å². The molecule has 5 nitrogen and oxygen atoms in total. The Bertz CT molecular complexity index is 636. The summed E-state index contributed by atoms with van der Waals surface area (Å²) in [7, 11) is 0. The minimum absolute atomic E-state index is 0.221. The van der Waals surface area contributed by atoms with E-state index < -0.39 is 0 Å². The van der Waals surface area contributed by atoms with Crippen LogP contribution in [-0.4, -0.2) is 34.2 Å². The maximum absolute atomic E-state index is 5.70. The average Bonchev–Trinajstić information content (AvgIpc) is 3.16. The monoisotopic (exact) mass is 329 g/mol. The summed E-state index contributed by atoms with van der Waals surface area (Å²) in [4.78, 5) is 6.82. The molecular weight excluding hydrogens is 302 g/mol. The second kappa shape index (κ2) is 7.79. The summed E-state index contributed by atoms with van der Waals surface area (Å²) in [6.07, 6.45) is 3.53. The van der Waals surface area contributed by atoms with Crippen LogP contribution in [0, 0.1) is 12.8 Å². The van der Waals surface area contributed by atoms with E-state index in [-0.39, 0.29) is 6.10 Å². The van der Waals surface area contributed by atoms with Gasteiger partial charge in [0.25, 0.3) is 0 Å². The molecule has 1 aliphatic rings. The Morgan fingerprint density at radius 3 is 2.75 bits per heavy atom. The van der Waals surface area contributed by atoms with Gasteiger partial charge in [-0.1, -0.05) is 17.3 Å². The number of rotatable bonds is 7. The molecule has 1 aromatic carbocycles. The molecule has 1 saturated heterocycles. The standard InChI is InChI=1S/C19H27N3O2/c1-14(2)23-18-7-4-16(5-8-18)12-22-11-10-17(13-22)6-9-19-20-15(3)24-21-19/h4-5,7-8,14,17H,6,9-13H2,1-3H3. The highest BCUT2D eigenvalue weighted by molar-refractivity contribution is 5.27. The average molecular weight is 329 g/mol. The molecular formula is C19H27N3O2. The van der Waals surface area contributed by atoms with Gasteiger partial charge in [-0.15, -0.1) is 0 Å². The molecule has 0 N–H and O–H groups in total. The van der Waals surface area contributed by atoms with Crippen LogP contribution in [0.4, 0.5) is 0 Å². The Morgan fingerprint density at radius 1 is 1.29 bits per heavy atom. The van der Waals surface area contributed by atoms with Gasteiger partial charge >= 0.3 is 0 Å². The van der Waals surface area contributed by atoms with Gasteiger partial charge in [0.15, 0.2) is 5.82 Å². The SMILES string of the molecule is Cc1nc(CCC2CCN(Cc3ccc(OC(C)C)cc3)C2)no1. The first-order valence-electron chi connectivity index (χ1n) is 8.85. The van der Waals surface area contributed by atoms with E-state index in [9.17, 15) is 0 Å². The van der Waals surface area contributed by atoms with E-state index in [0.717, 1.165) is 43.4 Å². The van der Waals surface area contributed by atoms with E-state index in [1.54, 1.807) is 0 Å². The lowest BCUT2D eigenvalue weighted by atomic mass is 10.0. The Balaban J connectivity index is 1.44. The minimum Gasteiger partial charge on any atom is -0.491 e. The number of ether oxygens (including phenoxy) is 1. The van der Waals surface area contributed by atoms with Crippen LogP contribution >= 0.6 is 0 Å². The number of nitrogens with zero attached hydrogens (tertiary/aromatic N) is 3. The second-order valence-electron chi connectivity index (χ2n) is 6.97. The van der Waals surface area contributed by atoms with Crippen molar-refractivity contribution < 1.29 is 9.26 Å². The van der Waals surface area contributed by atoms with Crippen LogP contribution in [0.25, 0.3) is 0 Å². The summed E-state index contributed by atoms with van der Waals surface area (Å²) in [5.74, 6) is 3.17. The van der Waals surface area contributed by atoms with E-state index in [2.05, 4.69) is 39.3 Å². The van der Waals surface area contributed by atoms with Crippen LogP contribution in [0.15, 0.2) is 28.8 Å². The minimum atomic E-state index is 0.221. The smallest absolute Gasteiger partial charge is 0.223 e. The summed E-state index contributed by atoms with van der Waals surface area (Å²) in [5.41, 5.74) is 1.35. The summed E-state index contributed by atoms with van der Waals surface area (Å²) < 4.78 is 10.7. The van der Waals surface area contributed by atoms with Gasteiger partial charge in [0.2, 0.25) is 5.89 Å². The molecule has 1 fully saturated rings. The van der Waals surface area contributed by atoms with Gasteiger partial charge < -0.3 is 9.26 Å². The summed E-state index contributed by atoms with van der Waals surface area (Å²) in [5, 5.41) is 3.98. The first-order chi connectivity index (χ1) is 11.6. The van der Waals surface area contributed by atoms with Crippen molar-refractivity contribution in [3.8, 4) is 5.75 Å². The van der Waals surface area contributed by atoms with Crippen LogP contribution in [-0.2, 0) is 13.0 Å². The van der Waals surface area contributed by atoms with Crippen LogP contribution in [0.5, 0.6) is 5.75 Å². The van der Waals surface area contributed by atoms with Crippen molar-refractivity contribution in [2.45, 2.75) is 52.7 Å². The summed E-state index contributed by atoms with van der Waals surface area (Å²) in [6, 6.07) is 8.49. The zero-order chi connectivity index (χ0) is 16.9. The second-order valence-corrected chi connectivity index (χ2v) is 6.97. The van der Waals surface area contributed by atoms with Gasteiger partial charge in [-0.3, -0.25) is 4.90 Å². The highest BCUT2D eigenvalue weighted by atomic mass is 16.5. The van der Waals surface area contributed by atoms with Gasteiger partial charge in [-0.05, 0) is 56.8 Å². The summed E-state index contributed by atoms with van der Waals surface area (Å²) in [6.45, 7) is 9.27. The van der Waals surface area contributed by atoms with Crippen LogP contribution < -0.4 is 4.74 Å². The zero-order valence-electron chi connectivity index (χ0n) is 14.9. The molecule has 5 heteroatoms. The predicted octanol–water partition coefficient (Wildman–Crippen LogP) is 3.62. The third-order valence-electron chi connectivity index (χ3n) is 4.42. The fourth-order valence-corrected chi connectivity index (χ4v) is 3.27. The number of hydrogen-bond acceptors (Lipinski definition) is 5. The molecule has 0 aliphatic carbocycles. The zero-order valence-corrected chi connectivity index (χ0v) is 14.9. The van der Waals surface area contributed by atoms with Crippen molar-refractivity contribution in [1.29, 1.82) is 0 Å². The molecule has 1 aromatic heterocycles.